The van der Waals surface area contributed by atoms with Crippen LogP contribution in [0.4, 0.5) is 0 Å². The number of hydrogen-bond acceptors (Lipinski definition) is 5. The van der Waals surface area contributed by atoms with Gasteiger partial charge in [-0.25, -0.2) is 9.79 Å². The van der Waals surface area contributed by atoms with E-state index in [0.29, 0.717) is 11.3 Å². The molecule has 100 valence electrons. The molecule has 1 aromatic carbocycles. The van der Waals surface area contributed by atoms with Crippen LogP contribution in [-0.2, 0) is 9.53 Å². The number of hydrogen-bond donors (Lipinski definition) is 0. The molecule has 0 bridgehead atoms. The van der Waals surface area contributed by atoms with Gasteiger partial charge in [0.15, 0.2) is 5.70 Å². The number of furan rings is 1. The molecule has 0 saturated carbocycles. The van der Waals surface area contributed by atoms with E-state index in [1.807, 2.05) is 0 Å². The number of aliphatic imine (C=N–C) groups is 1. The van der Waals surface area contributed by atoms with Gasteiger partial charge in [0.05, 0.1) is 13.4 Å². The Kier molecular flexibility index (Phi) is 3.09. The largest absolute Gasteiger partial charge is 0.497 e. The maximum atomic E-state index is 11.7. The first-order chi connectivity index (χ1) is 9.76. The first-order valence-corrected chi connectivity index (χ1v) is 5.97. The van der Waals surface area contributed by atoms with Crippen LogP contribution >= 0.6 is 0 Å². The Balaban J connectivity index is 1.89. The Bertz CT molecular complexity index is 681. The molecule has 0 unspecified atom stereocenters. The molecule has 2 aromatic rings. The lowest BCUT2D eigenvalue weighted by atomic mass is 10.2. The number of cyclic esters (lactones) is 1. The highest BCUT2D eigenvalue weighted by molar-refractivity contribution is 6.12. The van der Waals surface area contributed by atoms with E-state index in [1.165, 1.54) is 6.26 Å². The lowest BCUT2D eigenvalue weighted by Crippen LogP contribution is -2.05. The molecule has 5 nitrogen and oxygen atoms in total. The lowest BCUT2D eigenvalue weighted by Gasteiger charge is -2.01. The van der Waals surface area contributed by atoms with Crippen molar-refractivity contribution in [3.8, 4) is 5.75 Å². The second kappa shape index (κ2) is 5.05. The minimum atomic E-state index is -0.493. The zero-order chi connectivity index (χ0) is 13.9. The summed E-state index contributed by atoms with van der Waals surface area (Å²) in [5.41, 5.74) is 0.924. The van der Waals surface area contributed by atoms with Crippen LogP contribution in [0.25, 0.3) is 6.08 Å². The Morgan fingerprint density at radius 2 is 2.00 bits per heavy atom. The summed E-state index contributed by atoms with van der Waals surface area (Å²) in [5, 5.41) is 0. The van der Waals surface area contributed by atoms with E-state index in [4.69, 9.17) is 13.9 Å². The molecule has 0 atom stereocenters. The Morgan fingerprint density at radius 3 is 2.65 bits per heavy atom. The summed E-state index contributed by atoms with van der Waals surface area (Å²) in [7, 11) is 1.59. The fourth-order valence-electron chi connectivity index (χ4n) is 1.77. The van der Waals surface area contributed by atoms with Crippen LogP contribution < -0.4 is 4.74 Å². The molecule has 5 heteroatoms. The number of ether oxygens (including phenoxy) is 2. The summed E-state index contributed by atoms with van der Waals surface area (Å²) < 4.78 is 15.4. The molecule has 2 heterocycles. The lowest BCUT2D eigenvalue weighted by molar-refractivity contribution is -0.129. The second-order valence-corrected chi connectivity index (χ2v) is 4.08. The van der Waals surface area contributed by atoms with E-state index >= 15 is 0 Å². The van der Waals surface area contributed by atoms with Crippen molar-refractivity contribution < 1.29 is 18.7 Å². The monoisotopic (exact) mass is 269 g/mol. The van der Waals surface area contributed by atoms with Crippen LogP contribution in [0.15, 0.2) is 57.8 Å². The van der Waals surface area contributed by atoms with Crippen LogP contribution in [-0.4, -0.2) is 19.0 Å². The van der Waals surface area contributed by atoms with Crippen LogP contribution in [0, 0.1) is 0 Å². The van der Waals surface area contributed by atoms with Crippen molar-refractivity contribution in [1.29, 1.82) is 0 Å². The van der Waals surface area contributed by atoms with E-state index in [-0.39, 0.29) is 11.6 Å². The third-order valence-electron chi connectivity index (χ3n) is 2.78. The average Bonchev–Trinajstić information content (AvgIpc) is 3.10. The van der Waals surface area contributed by atoms with E-state index in [2.05, 4.69) is 4.99 Å². The van der Waals surface area contributed by atoms with Gasteiger partial charge in [0, 0.05) is 11.6 Å². The Labute approximate surface area is 115 Å². The minimum Gasteiger partial charge on any atom is -0.497 e. The van der Waals surface area contributed by atoms with Crippen molar-refractivity contribution in [2.24, 2.45) is 4.99 Å². The number of carbonyl (C=O) groups excluding carboxylic acids is 1. The first-order valence-electron chi connectivity index (χ1n) is 5.97. The maximum absolute atomic E-state index is 11.7. The third kappa shape index (κ3) is 2.33. The number of carbonyl (C=O) groups is 1. The van der Waals surface area contributed by atoms with Crippen LogP contribution in [0.5, 0.6) is 5.75 Å². The minimum absolute atomic E-state index is 0.214. The average molecular weight is 269 g/mol. The molecule has 0 amide bonds. The van der Waals surface area contributed by atoms with Crippen molar-refractivity contribution in [3.63, 3.8) is 0 Å². The number of nitrogens with zero attached hydrogens (tertiary/aromatic N) is 1. The third-order valence-corrected chi connectivity index (χ3v) is 2.78. The number of rotatable bonds is 3. The normalized spacial score (nSPS) is 16.1. The maximum Gasteiger partial charge on any atom is 0.363 e. The van der Waals surface area contributed by atoms with E-state index in [0.717, 1.165) is 5.75 Å². The van der Waals surface area contributed by atoms with Crippen molar-refractivity contribution >= 4 is 17.9 Å². The highest BCUT2D eigenvalue weighted by atomic mass is 16.6. The molecule has 1 aliphatic heterocycles. The standard InChI is InChI=1S/C15H11NO4/c1-18-11-6-4-10(5-7-11)14-16-13(15(17)20-14)9-12-3-2-8-19-12/h2-9H,1H3. The SMILES string of the molecule is COc1ccc(C2=NC(=Cc3ccco3)C(=O)O2)cc1. The Morgan fingerprint density at radius 1 is 1.20 bits per heavy atom. The molecule has 0 fully saturated rings. The molecule has 3 rings (SSSR count). The van der Waals surface area contributed by atoms with Gasteiger partial charge in [-0.3, -0.25) is 0 Å². The van der Waals surface area contributed by atoms with Gasteiger partial charge >= 0.3 is 5.97 Å². The summed E-state index contributed by atoms with van der Waals surface area (Å²) in [6.45, 7) is 0. The second-order valence-electron chi connectivity index (χ2n) is 4.08. The molecule has 1 aliphatic rings. The zero-order valence-corrected chi connectivity index (χ0v) is 10.7. The van der Waals surface area contributed by atoms with Gasteiger partial charge in [0.2, 0.25) is 5.90 Å². The smallest absolute Gasteiger partial charge is 0.363 e. The van der Waals surface area contributed by atoms with Gasteiger partial charge in [0.1, 0.15) is 11.5 Å². The van der Waals surface area contributed by atoms with Gasteiger partial charge < -0.3 is 13.9 Å². The molecule has 0 N–H and O–H groups in total. The Hall–Kier alpha value is -2.82. The van der Waals surface area contributed by atoms with E-state index < -0.39 is 5.97 Å². The number of benzene rings is 1. The number of esters is 1. The molecule has 0 saturated heterocycles. The molecule has 1 aromatic heterocycles. The summed E-state index contributed by atoms with van der Waals surface area (Å²) in [5.74, 6) is 1.06. The van der Waals surface area contributed by atoms with Crippen LogP contribution in [0.3, 0.4) is 0 Å². The topological polar surface area (TPSA) is 61.0 Å². The highest BCUT2D eigenvalue weighted by Gasteiger charge is 2.24. The summed E-state index contributed by atoms with van der Waals surface area (Å²) >= 11 is 0. The van der Waals surface area contributed by atoms with Gasteiger partial charge in [-0.05, 0) is 36.4 Å². The van der Waals surface area contributed by atoms with Gasteiger partial charge in [-0.2, -0.15) is 0 Å². The van der Waals surface area contributed by atoms with Gasteiger partial charge in [0.25, 0.3) is 0 Å². The van der Waals surface area contributed by atoms with Crippen molar-refractivity contribution in [2.45, 2.75) is 0 Å². The van der Waals surface area contributed by atoms with Crippen LogP contribution in [0.2, 0.25) is 0 Å². The van der Waals surface area contributed by atoms with Gasteiger partial charge in [-0.15, -0.1) is 0 Å². The first kappa shape index (κ1) is 12.2. The van der Waals surface area contributed by atoms with Crippen molar-refractivity contribution in [2.75, 3.05) is 7.11 Å². The summed E-state index contributed by atoms with van der Waals surface area (Å²) in [4.78, 5) is 15.9. The fraction of sp³-hybridized carbons (Fsp3) is 0.0667. The number of methoxy groups -OCH3 is 1. The zero-order valence-electron chi connectivity index (χ0n) is 10.7. The molecule has 0 spiro atoms. The van der Waals surface area contributed by atoms with Gasteiger partial charge in [-0.1, -0.05) is 0 Å². The van der Waals surface area contributed by atoms with Crippen molar-refractivity contribution in [1.82, 2.24) is 0 Å². The summed E-state index contributed by atoms with van der Waals surface area (Å²) in [6.07, 6.45) is 3.07. The summed E-state index contributed by atoms with van der Waals surface area (Å²) in [6, 6.07) is 10.6. The van der Waals surface area contributed by atoms with E-state index in [1.54, 1.807) is 49.6 Å². The molecule has 0 radical (unpaired) electrons. The fourth-order valence-corrected chi connectivity index (χ4v) is 1.77. The highest BCUT2D eigenvalue weighted by Crippen LogP contribution is 2.20. The van der Waals surface area contributed by atoms with E-state index in [9.17, 15) is 4.79 Å². The molecule has 20 heavy (non-hydrogen) atoms. The predicted octanol–water partition coefficient (Wildman–Crippen LogP) is 2.63. The molecular weight excluding hydrogens is 258 g/mol. The molecular formula is C15H11NO4. The van der Waals surface area contributed by atoms with Crippen molar-refractivity contribution in [3.05, 3.63) is 59.7 Å². The van der Waals surface area contributed by atoms with Crippen LogP contribution in [0.1, 0.15) is 11.3 Å². The quantitative estimate of drug-likeness (QED) is 0.634. The predicted molar refractivity (Wildman–Crippen MR) is 72.3 cm³/mol. The molecule has 0 aliphatic carbocycles.